The molecule has 1 aromatic rings. The smallest absolute Gasteiger partial charge is 0.252 e. The van der Waals surface area contributed by atoms with Crippen LogP contribution in [0.2, 0.25) is 0 Å². The van der Waals surface area contributed by atoms with E-state index in [2.05, 4.69) is 4.98 Å². The zero-order valence-electron chi connectivity index (χ0n) is 10.4. The third-order valence-corrected chi connectivity index (χ3v) is 2.94. The number of nitrogens with two attached hydrogens (primary N) is 2. The average Bonchev–Trinajstić information content (AvgIpc) is 2.38. The van der Waals surface area contributed by atoms with E-state index in [1.165, 1.54) is 0 Å². The molecule has 0 radical (unpaired) electrons. The standard InChI is InChI=1S/C12H18N4O2/c1-8-6-16(7-9(5-13)18-8)12-10(11(14)17)3-2-4-15-12/h2-4,8-9H,5-7,13H2,1H3,(H2,14,17). The second-order valence-corrected chi connectivity index (χ2v) is 4.45. The molecular weight excluding hydrogens is 232 g/mol. The third kappa shape index (κ3) is 2.60. The van der Waals surface area contributed by atoms with E-state index in [0.717, 1.165) is 0 Å². The minimum atomic E-state index is -0.471. The summed E-state index contributed by atoms with van der Waals surface area (Å²) in [7, 11) is 0. The van der Waals surface area contributed by atoms with Crippen molar-refractivity contribution in [1.82, 2.24) is 4.98 Å². The molecule has 1 amide bonds. The number of primary amides is 1. The molecule has 0 saturated carbocycles. The van der Waals surface area contributed by atoms with Gasteiger partial charge in [-0.05, 0) is 19.1 Å². The molecule has 1 saturated heterocycles. The molecule has 1 fully saturated rings. The summed E-state index contributed by atoms with van der Waals surface area (Å²) in [6.45, 7) is 3.72. The summed E-state index contributed by atoms with van der Waals surface area (Å²) in [5.41, 5.74) is 11.4. The molecule has 0 aromatic carbocycles. The number of hydrogen-bond acceptors (Lipinski definition) is 5. The van der Waals surface area contributed by atoms with E-state index in [4.69, 9.17) is 16.2 Å². The van der Waals surface area contributed by atoms with Gasteiger partial charge in [0, 0.05) is 25.8 Å². The van der Waals surface area contributed by atoms with Crippen LogP contribution in [0.5, 0.6) is 0 Å². The van der Waals surface area contributed by atoms with Crippen LogP contribution in [0, 0.1) is 0 Å². The van der Waals surface area contributed by atoms with Crippen LogP contribution in [-0.4, -0.2) is 42.7 Å². The van der Waals surface area contributed by atoms with Gasteiger partial charge in [-0.25, -0.2) is 4.98 Å². The molecule has 0 spiro atoms. The number of aromatic nitrogens is 1. The van der Waals surface area contributed by atoms with Gasteiger partial charge in [-0.15, -0.1) is 0 Å². The van der Waals surface area contributed by atoms with E-state index < -0.39 is 5.91 Å². The Kier molecular flexibility index (Phi) is 3.78. The average molecular weight is 250 g/mol. The normalized spacial score (nSPS) is 24.0. The zero-order chi connectivity index (χ0) is 13.1. The highest BCUT2D eigenvalue weighted by Gasteiger charge is 2.27. The fraction of sp³-hybridized carbons (Fsp3) is 0.500. The van der Waals surface area contributed by atoms with Crippen molar-refractivity contribution >= 4 is 11.7 Å². The lowest BCUT2D eigenvalue weighted by molar-refractivity contribution is -0.0107. The monoisotopic (exact) mass is 250 g/mol. The molecule has 0 bridgehead atoms. The summed E-state index contributed by atoms with van der Waals surface area (Å²) in [5.74, 6) is 0.139. The van der Waals surface area contributed by atoms with Crippen molar-refractivity contribution in [3.63, 3.8) is 0 Å². The quantitative estimate of drug-likeness (QED) is 0.770. The first kappa shape index (κ1) is 12.8. The molecule has 1 aliphatic heterocycles. The maximum atomic E-state index is 11.4. The molecule has 2 unspecified atom stereocenters. The summed E-state index contributed by atoms with van der Waals surface area (Å²) < 4.78 is 5.68. The van der Waals surface area contributed by atoms with Crippen molar-refractivity contribution in [2.45, 2.75) is 19.1 Å². The van der Waals surface area contributed by atoms with Gasteiger partial charge in [0.15, 0.2) is 0 Å². The van der Waals surface area contributed by atoms with Gasteiger partial charge in [0.25, 0.3) is 5.91 Å². The number of carbonyl (C=O) groups excluding carboxylic acids is 1. The van der Waals surface area contributed by atoms with Gasteiger partial charge in [-0.3, -0.25) is 4.79 Å². The number of amides is 1. The first-order valence-corrected chi connectivity index (χ1v) is 5.97. The number of morpholine rings is 1. The van der Waals surface area contributed by atoms with Crippen molar-refractivity contribution in [3.8, 4) is 0 Å². The van der Waals surface area contributed by atoms with Crippen molar-refractivity contribution in [2.75, 3.05) is 24.5 Å². The lowest BCUT2D eigenvalue weighted by Gasteiger charge is -2.37. The van der Waals surface area contributed by atoms with E-state index in [1.807, 2.05) is 11.8 Å². The Morgan fingerprint density at radius 1 is 1.61 bits per heavy atom. The molecule has 1 aliphatic rings. The first-order chi connectivity index (χ1) is 8.61. The molecule has 6 heteroatoms. The Bertz CT molecular complexity index is 438. The Balaban J connectivity index is 2.27. The van der Waals surface area contributed by atoms with E-state index in [1.54, 1.807) is 18.3 Å². The van der Waals surface area contributed by atoms with Gasteiger partial charge in [-0.1, -0.05) is 0 Å². The van der Waals surface area contributed by atoms with Crippen LogP contribution in [0.15, 0.2) is 18.3 Å². The first-order valence-electron chi connectivity index (χ1n) is 5.97. The fourth-order valence-electron chi connectivity index (χ4n) is 2.19. The number of carbonyl (C=O) groups is 1. The highest BCUT2D eigenvalue weighted by atomic mass is 16.5. The number of ether oxygens (including phenoxy) is 1. The van der Waals surface area contributed by atoms with Crippen LogP contribution in [0.1, 0.15) is 17.3 Å². The number of hydrogen-bond donors (Lipinski definition) is 2. The molecule has 98 valence electrons. The largest absolute Gasteiger partial charge is 0.370 e. The summed E-state index contributed by atoms with van der Waals surface area (Å²) in [5, 5.41) is 0. The van der Waals surface area contributed by atoms with Crippen molar-refractivity contribution in [1.29, 1.82) is 0 Å². The van der Waals surface area contributed by atoms with E-state index in [9.17, 15) is 4.79 Å². The third-order valence-electron chi connectivity index (χ3n) is 2.94. The maximum absolute atomic E-state index is 11.4. The van der Waals surface area contributed by atoms with Crippen LogP contribution in [0.4, 0.5) is 5.82 Å². The van der Waals surface area contributed by atoms with E-state index in [-0.39, 0.29) is 12.2 Å². The van der Waals surface area contributed by atoms with Crippen molar-refractivity contribution < 1.29 is 9.53 Å². The summed E-state index contributed by atoms with van der Waals surface area (Å²) in [6.07, 6.45) is 1.66. The lowest BCUT2D eigenvalue weighted by Crippen LogP contribution is -2.50. The number of pyridine rings is 1. The van der Waals surface area contributed by atoms with Gasteiger partial charge in [0.2, 0.25) is 0 Å². The molecular formula is C12H18N4O2. The second kappa shape index (κ2) is 5.32. The lowest BCUT2D eigenvalue weighted by atomic mass is 10.1. The molecule has 0 aliphatic carbocycles. The SMILES string of the molecule is CC1CN(c2ncccc2C(N)=O)CC(CN)O1. The van der Waals surface area contributed by atoms with Gasteiger partial charge in [0.1, 0.15) is 5.82 Å². The highest BCUT2D eigenvalue weighted by molar-refractivity contribution is 5.97. The number of rotatable bonds is 3. The van der Waals surface area contributed by atoms with E-state index in [0.29, 0.717) is 31.0 Å². The Morgan fingerprint density at radius 3 is 3.06 bits per heavy atom. The van der Waals surface area contributed by atoms with Crippen LogP contribution in [0.3, 0.4) is 0 Å². The van der Waals surface area contributed by atoms with Crippen LogP contribution < -0.4 is 16.4 Å². The van der Waals surface area contributed by atoms with Crippen molar-refractivity contribution in [3.05, 3.63) is 23.9 Å². The minimum Gasteiger partial charge on any atom is -0.370 e. The van der Waals surface area contributed by atoms with E-state index >= 15 is 0 Å². The van der Waals surface area contributed by atoms with Crippen molar-refractivity contribution in [2.24, 2.45) is 11.5 Å². The molecule has 1 aromatic heterocycles. The second-order valence-electron chi connectivity index (χ2n) is 4.45. The highest BCUT2D eigenvalue weighted by Crippen LogP contribution is 2.21. The molecule has 2 heterocycles. The van der Waals surface area contributed by atoms with Gasteiger partial charge < -0.3 is 21.1 Å². The number of nitrogens with zero attached hydrogens (tertiary/aromatic N) is 2. The van der Waals surface area contributed by atoms with Crippen LogP contribution in [0.25, 0.3) is 0 Å². The molecule has 6 nitrogen and oxygen atoms in total. The Morgan fingerprint density at radius 2 is 2.39 bits per heavy atom. The predicted molar refractivity (Wildman–Crippen MR) is 68.4 cm³/mol. The Labute approximate surface area is 106 Å². The topological polar surface area (TPSA) is 94.5 Å². The van der Waals surface area contributed by atoms with Gasteiger partial charge in [-0.2, -0.15) is 0 Å². The van der Waals surface area contributed by atoms with Crippen LogP contribution >= 0.6 is 0 Å². The number of anilines is 1. The minimum absolute atomic E-state index is 0.0449. The van der Waals surface area contributed by atoms with Gasteiger partial charge in [0.05, 0.1) is 17.8 Å². The summed E-state index contributed by atoms with van der Waals surface area (Å²) >= 11 is 0. The maximum Gasteiger partial charge on any atom is 0.252 e. The fourth-order valence-corrected chi connectivity index (χ4v) is 2.19. The summed E-state index contributed by atoms with van der Waals surface area (Å²) in [4.78, 5) is 17.7. The van der Waals surface area contributed by atoms with Crippen LogP contribution in [-0.2, 0) is 4.74 Å². The molecule has 18 heavy (non-hydrogen) atoms. The zero-order valence-corrected chi connectivity index (χ0v) is 10.4. The molecule has 2 atom stereocenters. The molecule has 4 N–H and O–H groups in total. The van der Waals surface area contributed by atoms with Gasteiger partial charge >= 0.3 is 0 Å². The molecule has 2 rings (SSSR count). The summed E-state index contributed by atoms with van der Waals surface area (Å²) in [6, 6.07) is 3.39. The predicted octanol–water partition coefficient (Wildman–Crippen LogP) is -0.267. The Hall–Kier alpha value is -1.66.